The minimum atomic E-state index is -0.492. The van der Waals surface area contributed by atoms with Gasteiger partial charge < -0.3 is 15.7 Å². The van der Waals surface area contributed by atoms with Crippen LogP contribution in [0.25, 0.3) is 11.1 Å². The molecule has 3 N–H and O–H groups in total. The number of β-amino-alcohol motifs (C(OH)–C–C–N with tert-alkyl or cyclic N) is 1. The Hall–Kier alpha value is -2.17. The largest absolute Gasteiger partial charge is 0.391 e. The minimum absolute atomic E-state index is 0.0541. The summed E-state index contributed by atoms with van der Waals surface area (Å²) in [4.78, 5) is 14.9. The molecule has 138 valence electrons. The van der Waals surface area contributed by atoms with Crippen LogP contribution in [0.4, 0.5) is 0 Å². The first-order chi connectivity index (χ1) is 12.5. The molecule has 0 spiro atoms. The molecule has 1 saturated heterocycles. The number of rotatable bonds is 5. The Morgan fingerprint density at radius 3 is 2.77 bits per heavy atom. The van der Waals surface area contributed by atoms with Crippen molar-refractivity contribution in [3.05, 3.63) is 59.7 Å². The van der Waals surface area contributed by atoms with Crippen LogP contribution in [0.5, 0.6) is 0 Å². The molecule has 0 radical (unpaired) electrons. The van der Waals surface area contributed by atoms with E-state index in [1.54, 1.807) is 4.90 Å². The fourth-order valence-corrected chi connectivity index (χ4v) is 3.69. The lowest BCUT2D eigenvalue weighted by Gasteiger charge is -2.24. The van der Waals surface area contributed by atoms with E-state index in [0.717, 1.165) is 17.5 Å². The molecule has 4 nitrogen and oxygen atoms in total. The van der Waals surface area contributed by atoms with Crippen molar-refractivity contribution in [3.8, 4) is 11.1 Å². The predicted molar refractivity (Wildman–Crippen MR) is 105 cm³/mol. The number of hydrogen-bond donors (Lipinski definition) is 2. The first-order valence-corrected chi connectivity index (χ1v) is 9.43. The molecule has 26 heavy (non-hydrogen) atoms. The van der Waals surface area contributed by atoms with Gasteiger partial charge >= 0.3 is 0 Å². The van der Waals surface area contributed by atoms with E-state index in [-0.39, 0.29) is 11.9 Å². The van der Waals surface area contributed by atoms with E-state index in [1.807, 2.05) is 24.3 Å². The maximum Gasteiger partial charge on any atom is 0.254 e. The molecule has 2 aromatic rings. The highest BCUT2D eigenvalue weighted by Crippen LogP contribution is 2.30. The molecule has 0 bridgehead atoms. The maximum atomic E-state index is 13.2. The van der Waals surface area contributed by atoms with Crippen LogP contribution in [0.2, 0.25) is 0 Å². The predicted octanol–water partition coefficient (Wildman–Crippen LogP) is 3.40. The lowest BCUT2D eigenvalue weighted by molar-refractivity contribution is 0.0721. The highest BCUT2D eigenvalue weighted by molar-refractivity contribution is 6.01. The summed E-state index contributed by atoms with van der Waals surface area (Å²) in [6, 6.07) is 16.0. The highest BCUT2D eigenvalue weighted by atomic mass is 16.3. The third kappa shape index (κ3) is 3.67. The van der Waals surface area contributed by atoms with Gasteiger partial charge in [0, 0.05) is 24.7 Å². The smallest absolute Gasteiger partial charge is 0.254 e. The van der Waals surface area contributed by atoms with Crippen molar-refractivity contribution in [3.63, 3.8) is 0 Å². The number of benzene rings is 2. The number of likely N-dealkylation sites (tertiary alicyclic amines) is 1. The molecule has 1 aliphatic rings. The highest BCUT2D eigenvalue weighted by Gasteiger charge is 2.34. The number of carbonyl (C=O) groups is 1. The molecule has 1 fully saturated rings. The zero-order chi connectivity index (χ0) is 18.7. The zero-order valence-corrected chi connectivity index (χ0v) is 15.6. The van der Waals surface area contributed by atoms with Gasteiger partial charge in [0.05, 0.1) is 6.10 Å². The van der Waals surface area contributed by atoms with Crippen molar-refractivity contribution < 1.29 is 9.90 Å². The average Bonchev–Trinajstić information content (AvgIpc) is 3.07. The van der Waals surface area contributed by atoms with Crippen LogP contribution < -0.4 is 5.73 Å². The SMILES string of the molecule is CCC(C)c1cccc(-c2ccccc2C(=O)N2CC(O)CC2CN)c1. The van der Waals surface area contributed by atoms with E-state index in [2.05, 4.69) is 38.1 Å². The molecule has 0 saturated carbocycles. The van der Waals surface area contributed by atoms with Crippen molar-refractivity contribution >= 4 is 5.91 Å². The second kappa shape index (κ2) is 8.02. The van der Waals surface area contributed by atoms with Crippen LogP contribution in [0.1, 0.15) is 48.5 Å². The molecule has 0 aliphatic carbocycles. The topological polar surface area (TPSA) is 66.6 Å². The van der Waals surface area contributed by atoms with E-state index in [1.165, 1.54) is 5.56 Å². The molecule has 0 aromatic heterocycles. The van der Waals surface area contributed by atoms with E-state index in [9.17, 15) is 9.90 Å². The first-order valence-electron chi connectivity index (χ1n) is 9.43. The van der Waals surface area contributed by atoms with Crippen LogP contribution >= 0.6 is 0 Å². The van der Waals surface area contributed by atoms with E-state index >= 15 is 0 Å². The van der Waals surface area contributed by atoms with Gasteiger partial charge in [0.1, 0.15) is 0 Å². The van der Waals surface area contributed by atoms with Crippen LogP contribution in [0, 0.1) is 0 Å². The molecule has 1 heterocycles. The zero-order valence-electron chi connectivity index (χ0n) is 15.6. The first kappa shape index (κ1) is 18.6. The number of amides is 1. The van der Waals surface area contributed by atoms with Crippen LogP contribution in [-0.2, 0) is 0 Å². The second-order valence-electron chi connectivity index (χ2n) is 7.22. The van der Waals surface area contributed by atoms with Crippen molar-refractivity contribution in [1.82, 2.24) is 4.90 Å². The number of nitrogens with two attached hydrogens (primary N) is 1. The Morgan fingerprint density at radius 1 is 1.27 bits per heavy atom. The van der Waals surface area contributed by atoms with Gasteiger partial charge in [0.15, 0.2) is 0 Å². The molecule has 3 atom stereocenters. The number of aliphatic hydroxyl groups is 1. The van der Waals surface area contributed by atoms with Gasteiger partial charge in [-0.1, -0.05) is 56.3 Å². The monoisotopic (exact) mass is 352 g/mol. The number of aliphatic hydroxyl groups excluding tert-OH is 1. The molecule has 1 amide bonds. The molecule has 3 unspecified atom stereocenters. The molecular formula is C22H28N2O2. The van der Waals surface area contributed by atoms with Gasteiger partial charge in [0.25, 0.3) is 5.91 Å². The third-order valence-electron chi connectivity index (χ3n) is 5.46. The van der Waals surface area contributed by atoms with Gasteiger partial charge in [-0.3, -0.25) is 4.79 Å². The fraction of sp³-hybridized carbons (Fsp3) is 0.409. The van der Waals surface area contributed by atoms with Crippen LogP contribution in [0.3, 0.4) is 0 Å². The van der Waals surface area contributed by atoms with Crippen molar-refractivity contribution in [1.29, 1.82) is 0 Å². The number of hydrogen-bond acceptors (Lipinski definition) is 3. The standard InChI is InChI=1S/C22H28N2O2/c1-3-15(2)16-7-6-8-17(11-16)20-9-4-5-10-21(20)22(26)24-14-19(25)12-18(24)13-23/h4-11,15,18-19,25H,3,12-14,23H2,1-2H3. The molecular weight excluding hydrogens is 324 g/mol. The second-order valence-corrected chi connectivity index (χ2v) is 7.22. The van der Waals surface area contributed by atoms with Gasteiger partial charge in [-0.15, -0.1) is 0 Å². The van der Waals surface area contributed by atoms with Gasteiger partial charge in [-0.25, -0.2) is 0 Å². The normalized spacial score (nSPS) is 21.0. The summed E-state index contributed by atoms with van der Waals surface area (Å²) in [5.74, 6) is 0.426. The Kier molecular flexibility index (Phi) is 5.74. The molecule has 2 aromatic carbocycles. The summed E-state index contributed by atoms with van der Waals surface area (Å²) in [6.07, 6.45) is 1.13. The summed E-state index contributed by atoms with van der Waals surface area (Å²) < 4.78 is 0. The number of carbonyl (C=O) groups excluding carboxylic acids is 1. The van der Waals surface area contributed by atoms with Gasteiger partial charge in [-0.05, 0) is 41.5 Å². The quantitative estimate of drug-likeness (QED) is 0.867. The summed E-state index contributed by atoms with van der Waals surface area (Å²) in [6.45, 7) is 5.12. The summed E-state index contributed by atoms with van der Waals surface area (Å²) in [7, 11) is 0. The van der Waals surface area contributed by atoms with E-state index in [4.69, 9.17) is 5.73 Å². The fourth-order valence-electron chi connectivity index (χ4n) is 3.69. The van der Waals surface area contributed by atoms with Crippen molar-refractivity contribution in [2.75, 3.05) is 13.1 Å². The Balaban J connectivity index is 1.98. The van der Waals surface area contributed by atoms with Crippen molar-refractivity contribution in [2.45, 2.75) is 44.8 Å². The van der Waals surface area contributed by atoms with Crippen molar-refractivity contribution in [2.24, 2.45) is 5.73 Å². The Bertz CT molecular complexity index is 774. The van der Waals surface area contributed by atoms with Gasteiger partial charge in [0.2, 0.25) is 0 Å². The third-order valence-corrected chi connectivity index (χ3v) is 5.46. The van der Waals surface area contributed by atoms with Gasteiger partial charge in [-0.2, -0.15) is 0 Å². The average molecular weight is 352 g/mol. The van der Waals surface area contributed by atoms with Crippen LogP contribution in [0.15, 0.2) is 48.5 Å². The lowest BCUT2D eigenvalue weighted by Crippen LogP contribution is -2.40. The number of nitrogens with zero attached hydrogens (tertiary/aromatic N) is 1. The Morgan fingerprint density at radius 2 is 2.04 bits per heavy atom. The Labute approximate surface area is 155 Å². The molecule has 3 rings (SSSR count). The van der Waals surface area contributed by atoms with E-state index in [0.29, 0.717) is 31.0 Å². The summed E-state index contributed by atoms with van der Waals surface area (Å²) >= 11 is 0. The minimum Gasteiger partial charge on any atom is -0.391 e. The summed E-state index contributed by atoms with van der Waals surface area (Å²) in [5, 5.41) is 9.96. The maximum absolute atomic E-state index is 13.2. The lowest BCUT2D eigenvalue weighted by atomic mass is 9.92. The van der Waals surface area contributed by atoms with E-state index < -0.39 is 6.10 Å². The molecule has 4 heteroatoms. The molecule has 1 aliphatic heterocycles. The van der Waals surface area contributed by atoms with Crippen LogP contribution in [-0.4, -0.2) is 41.1 Å². The summed E-state index contributed by atoms with van der Waals surface area (Å²) in [5.41, 5.74) is 9.75.